The monoisotopic (exact) mass is 446 g/mol. The van der Waals surface area contributed by atoms with Crippen molar-refractivity contribution in [3.8, 4) is 0 Å². The van der Waals surface area contributed by atoms with Gasteiger partial charge in [0.2, 0.25) is 0 Å². The molecule has 1 aliphatic heterocycles. The van der Waals surface area contributed by atoms with E-state index in [0.717, 1.165) is 23.8 Å². The number of H-pyrrole nitrogens is 1. The van der Waals surface area contributed by atoms with Gasteiger partial charge in [-0.1, -0.05) is 35.3 Å². The summed E-state index contributed by atoms with van der Waals surface area (Å²) in [5.41, 5.74) is 11.6. The maximum Gasteiger partial charge on any atom is 0.339 e. The van der Waals surface area contributed by atoms with E-state index in [1.807, 2.05) is 24.3 Å². The van der Waals surface area contributed by atoms with Crippen LogP contribution in [0.1, 0.15) is 44.4 Å². The van der Waals surface area contributed by atoms with Crippen LogP contribution in [0.5, 0.6) is 0 Å². The van der Waals surface area contributed by atoms with Gasteiger partial charge in [0.1, 0.15) is 5.56 Å². The number of fused-ring (bicyclic) bond motifs is 1. The minimum Gasteiger partial charge on any atom is -0.478 e. The van der Waals surface area contributed by atoms with Crippen molar-refractivity contribution in [1.29, 1.82) is 0 Å². The Morgan fingerprint density at radius 1 is 1.23 bits per heavy atom. The van der Waals surface area contributed by atoms with E-state index in [1.165, 1.54) is 16.7 Å². The molecule has 0 saturated carbocycles. The number of carboxylic acids is 1. The van der Waals surface area contributed by atoms with Crippen LogP contribution in [-0.4, -0.2) is 39.8 Å². The number of aromatic nitrogens is 2. The first kappa shape index (κ1) is 22.2. The molecule has 4 N–H and O–H groups in total. The number of aromatic carboxylic acids is 1. The van der Waals surface area contributed by atoms with Crippen molar-refractivity contribution in [2.75, 3.05) is 19.3 Å². The molecule has 0 amide bonds. The standard InChI is InChI=1S/C16H16Cl2N2.C6H8N2O2/c1-20-8-14(10-2-4-12(19)5-3-10)13-6-11(17)7-16(18)15(13)9-20;1-3-5(6(9)10)4(2)8-7-3/h2-7,14H,8-9,19H2,1H3;1-2H3,(H,7,8)(H,9,10). The number of hydrogen-bond donors (Lipinski definition) is 3. The van der Waals surface area contributed by atoms with E-state index in [1.54, 1.807) is 13.8 Å². The van der Waals surface area contributed by atoms with Crippen molar-refractivity contribution in [2.45, 2.75) is 26.3 Å². The highest BCUT2D eigenvalue weighted by atomic mass is 35.5. The Bertz CT molecular complexity index is 1040. The summed E-state index contributed by atoms with van der Waals surface area (Å²) in [6.45, 7) is 5.15. The number of hydrogen-bond acceptors (Lipinski definition) is 4. The van der Waals surface area contributed by atoms with Crippen LogP contribution in [-0.2, 0) is 6.54 Å². The summed E-state index contributed by atoms with van der Waals surface area (Å²) < 4.78 is 0. The van der Waals surface area contributed by atoms with E-state index >= 15 is 0 Å². The molecule has 2 aromatic carbocycles. The van der Waals surface area contributed by atoms with Crippen LogP contribution in [0.15, 0.2) is 36.4 Å². The Labute approximate surface area is 185 Å². The van der Waals surface area contributed by atoms with E-state index in [4.69, 9.17) is 34.0 Å². The molecule has 1 aromatic heterocycles. The van der Waals surface area contributed by atoms with E-state index < -0.39 is 5.97 Å². The lowest BCUT2D eigenvalue weighted by molar-refractivity contribution is 0.0695. The number of nitrogens with two attached hydrogens (primary N) is 1. The highest BCUT2D eigenvalue weighted by molar-refractivity contribution is 6.35. The SMILES string of the molecule is CN1Cc2c(Cl)cc(Cl)cc2C(c2ccc(N)cc2)C1.Cc1n[nH]c(C)c1C(=O)O. The van der Waals surface area contributed by atoms with Crippen molar-refractivity contribution < 1.29 is 9.90 Å². The Morgan fingerprint density at radius 3 is 2.43 bits per heavy atom. The molecule has 1 aliphatic rings. The number of carboxylic acid groups (broad SMARTS) is 1. The van der Waals surface area contributed by atoms with Gasteiger partial charge in [0.05, 0.1) is 5.69 Å². The van der Waals surface area contributed by atoms with Gasteiger partial charge in [-0.25, -0.2) is 4.79 Å². The number of benzene rings is 2. The maximum absolute atomic E-state index is 10.4. The van der Waals surface area contributed by atoms with Crippen LogP contribution in [0.25, 0.3) is 0 Å². The van der Waals surface area contributed by atoms with Gasteiger partial charge >= 0.3 is 5.97 Å². The predicted molar refractivity (Wildman–Crippen MR) is 121 cm³/mol. The molecule has 1 atom stereocenters. The first-order valence-corrected chi connectivity index (χ1v) is 10.2. The van der Waals surface area contributed by atoms with Gasteiger partial charge in [0, 0.05) is 40.4 Å². The number of anilines is 1. The van der Waals surface area contributed by atoms with E-state index in [9.17, 15) is 4.79 Å². The smallest absolute Gasteiger partial charge is 0.339 e. The number of aromatic amines is 1. The Hall–Kier alpha value is -2.54. The molecule has 8 heteroatoms. The molecule has 0 bridgehead atoms. The molecular formula is C22H24Cl2N4O2. The van der Waals surface area contributed by atoms with Crippen LogP contribution in [0.3, 0.4) is 0 Å². The second kappa shape index (κ2) is 9.08. The Balaban J connectivity index is 0.000000216. The Morgan fingerprint density at radius 2 is 1.90 bits per heavy atom. The van der Waals surface area contributed by atoms with Crippen molar-refractivity contribution >= 4 is 34.9 Å². The lowest BCUT2D eigenvalue weighted by atomic mass is 9.85. The summed E-state index contributed by atoms with van der Waals surface area (Å²) in [5.74, 6) is -0.649. The quantitative estimate of drug-likeness (QED) is 0.487. The molecular weight excluding hydrogens is 423 g/mol. The second-order valence-corrected chi connectivity index (χ2v) is 8.33. The number of nitrogens with one attached hydrogen (secondary N) is 1. The summed E-state index contributed by atoms with van der Waals surface area (Å²) in [7, 11) is 2.11. The number of rotatable bonds is 2. The highest BCUT2D eigenvalue weighted by Gasteiger charge is 2.26. The third kappa shape index (κ3) is 4.78. The van der Waals surface area contributed by atoms with Gasteiger partial charge in [-0.15, -0.1) is 0 Å². The molecule has 6 nitrogen and oxygen atoms in total. The largest absolute Gasteiger partial charge is 0.478 e. The van der Waals surface area contributed by atoms with E-state index in [2.05, 4.69) is 34.3 Å². The molecule has 30 heavy (non-hydrogen) atoms. The molecule has 1 unspecified atom stereocenters. The van der Waals surface area contributed by atoms with Gasteiger partial charge in [-0.2, -0.15) is 5.10 Å². The predicted octanol–water partition coefficient (Wildman–Crippen LogP) is 4.88. The lowest BCUT2D eigenvalue weighted by Gasteiger charge is -2.33. The number of nitrogen functional groups attached to an aromatic ring is 1. The number of halogens is 2. The van der Waals surface area contributed by atoms with Gasteiger partial charge in [-0.3, -0.25) is 5.10 Å². The number of likely N-dealkylation sites (N-methyl/N-ethyl adjacent to an activating group) is 1. The molecule has 0 fully saturated rings. The van der Waals surface area contributed by atoms with Crippen molar-refractivity contribution in [3.63, 3.8) is 0 Å². The summed E-state index contributed by atoms with van der Waals surface area (Å²) >= 11 is 12.5. The van der Waals surface area contributed by atoms with Crippen molar-refractivity contribution in [1.82, 2.24) is 15.1 Å². The van der Waals surface area contributed by atoms with Crippen LogP contribution < -0.4 is 5.73 Å². The van der Waals surface area contributed by atoms with Gasteiger partial charge in [-0.05, 0) is 61.9 Å². The molecule has 0 radical (unpaired) electrons. The third-order valence-corrected chi connectivity index (χ3v) is 5.73. The average molecular weight is 447 g/mol. The second-order valence-electron chi connectivity index (χ2n) is 7.49. The van der Waals surface area contributed by atoms with Gasteiger partial charge in [0.25, 0.3) is 0 Å². The number of nitrogens with zero attached hydrogens (tertiary/aromatic N) is 2. The molecule has 0 saturated heterocycles. The molecule has 4 rings (SSSR count). The number of carbonyl (C=O) groups is 1. The van der Waals surface area contributed by atoms with Crippen molar-refractivity contribution in [2.24, 2.45) is 0 Å². The third-order valence-electron chi connectivity index (χ3n) is 5.17. The fourth-order valence-corrected chi connectivity index (χ4v) is 4.29. The van der Waals surface area contributed by atoms with Crippen LogP contribution in [0.2, 0.25) is 10.0 Å². The zero-order valence-corrected chi connectivity index (χ0v) is 18.6. The minimum absolute atomic E-state index is 0.278. The summed E-state index contributed by atoms with van der Waals surface area (Å²) in [5, 5.41) is 16.3. The summed E-state index contributed by atoms with van der Waals surface area (Å²) in [6, 6.07) is 11.9. The molecule has 0 spiro atoms. The minimum atomic E-state index is -0.927. The summed E-state index contributed by atoms with van der Waals surface area (Å²) in [6.07, 6.45) is 0. The first-order chi connectivity index (χ1) is 14.2. The Kier molecular flexibility index (Phi) is 6.71. The number of aryl methyl sites for hydroxylation is 2. The molecule has 0 aliphatic carbocycles. The van der Waals surface area contributed by atoms with Crippen LogP contribution >= 0.6 is 23.2 Å². The zero-order valence-electron chi connectivity index (χ0n) is 17.0. The maximum atomic E-state index is 10.4. The van der Waals surface area contributed by atoms with Gasteiger partial charge < -0.3 is 15.7 Å². The van der Waals surface area contributed by atoms with Crippen LogP contribution in [0.4, 0.5) is 5.69 Å². The van der Waals surface area contributed by atoms with Crippen molar-refractivity contribution in [3.05, 3.63) is 80.1 Å². The first-order valence-electron chi connectivity index (χ1n) is 9.44. The van der Waals surface area contributed by atoms with Crippen LogP contribution in [0, 0.1) is 13.8 Å². The van der Waals surface area contributed by atoms with E-state index in [-0.39, 0.29) is 11.5 Å². The molecule has 3 aromatic rings. The zero-order chi connectivity index (χ0) is 22.0. The fourth-order valence-electron chi connectivity index (χ4n) is 3.72. The molecule has 158 valence electrons. The normalized spacial score (nSPS) is 15.8. The summed E-state index contributed by atoms with van der Waals surface area (Å²) in [4.78, 5) is 12.7. The lowest BCUT2D eigenvalue weighted by Crippen LogP contribution is -2.31. The van der Waals surface area contributed by atoms with E-state index in [0.29, 0.717) is 16.4 Å². The van der Waals surface area contributed by atoms with Gasteiger partial charge in [0.15, 0.2) is 0 Å². The topological polar surface area (TPSA) is 95.2 Å². The molecule has 2 heterocycles. The highest BCUT2D eigenvalue weighted by Crippen LogP contribution is 2.38. The average Bonchev–Trinajstić information content (AvgIpc) is 3.01. The fraction of sp³-hybridized carbons (Fsp3) is 0.273.